The van der Waals surface area contributed by atoms with Crippen LogP contribution in [0.3, 0.4) is 0 Å². The summed E-state index contributed by atoms with van der Waals surface area (Å²) >= 11 is 0. The van der Waals surface area contributed by atoms with Gasteiger partial charge in [-0.3, -0.25) is 15.0 Å². The number of benzene rings is 1. The molecule has 134 valence electrons. The van der Waals surface area contributed by atoms with Crippen LogP contribution in [0.2, 0.25) is 0 Å². The summed E-state index contributed by atoms with van der Waals surface area (Å²) in [7, 11) is 1.34. The average molecular weight is 348 g/mol. The highest BCUT2D eigenvalue weighted by Crippen LogP contribution is 2.45. The van der Waals surface area contributed by atoms with Crippen LogP contribution in [0, 0.1) is 10.1 Å². The van der Waals surface area contributed by atoms with E-state index in [9.17, 15) is 14.9 Å². The smallest absolute Gasteiger partial charge is 0.337 e. The van der Waals surface area contributed by atoms with Gasteiger partial charge < -0.3 is 14.2 Å². The predicted molar refractivity (Wildman–Crippen MR) is 87.6 cm³/mol. The molecule has 25 heavy (non-hydrogen) atoms. The first kappa shape index (κ1) is 17.4. The number of hydrogen-bond donors (Lipinski definition) is 0. The van der Waals surface area contributed by atoms with E-state index in [0.29, 0.717) is 44.1 Å². The van der Waals surface area contributed by atoms with Gasteiger partial charge in [-0.15, -0.1) is 0 Å². The number of rotatable bonds is 4. The molecule has 1 atom stereocenters. The Labute approximate surface area is 145 Å². The molecule has 0 aromatic heterocycles. The van der Waals surface area contributed by atoms with E-state index in [2.05, 4.69) is 4.90 Å². The van der Waals surface area contributed by atoms with Gasteiger partial charge in [-0.05, 0) is 19.1 Å². The molecule has 3 rings (SSSR count). The maximum Gasteiger partial charge on any atom is 0.337 e. The number of nitrogens with zero attached hydrogens (tertiary/aromatic N) is 2. The second-order valence-corrected chi connectivity index (χ2v) is 5.99. The van der Waals surface area contributed by atoms with Crippen LogP contribution in [0.5, 0.6) is 0 Å². The minimum absolute atomic E-state index is 0.0109. The van der Waals surface area contributed by atoms with Crippen LogP contribution >= 0.6 is 0 Å². The fraction of sp³-hybridized carbons (Fsp3) is 0.471. The second kappa shape index (κ2) is 6.81. The van der Waals surface area contributed by atoms with Crippen molar-refractivity contribution >= 4 is 11.7 Å². The molecule has 2 aliphatic heterocycles. The quantitative estimate of drug-likeness (QED) is 0.466. The van der Waals surface area contributed by atoms with Crippen molar-refractivity contribution < 1.29 is 23.9 Å². The zero-order valence-electron chi connectivity index (χ0n) is 14.2. The number of nitro groups is 1. The van der Waals surface area contributed by atoms with Gasteiger partial charge in [0.1, 0.15) is 5.76 Å². The van der Waals surface area contributed by atoms with Crippen LogP contribution in [-0.4, -0.2) is 49.2 Å². The van der Waals surface area contributed by atoms with E-state index in [1.807, 2.05) is 0 Å². The molecule has 1 aromatic rings. The van der Waals surface area contributed by atoms with Gasteiger partial charge in [0.25, 0.3) is 5.69 Å². The lowest BCUT2D eigenvalue weighted by molar-refractivity contribution is -0.384. The highest BCUT2D eigenvalue weighted by molar-refractivity contribution is 5.89. The topological polar surface area (TPSA) is 91.1 Å². The molecule has 0 amide bonds. The molecule has 2 aliphatic rings. The minimum Gasteiger partial charge on any atom is -0.472 e. The van der Waals surface area contributed by atoms with Crippen LogP contribution in [0.15, 0.2) is 35.6 Å². The summed E-state index contributed by atoms with van der Waals surface area (Å²) in [5.41, 5.74) is 0.370. The van der Waals surface area contributed by atoms with Crippen molar-refractivity contribution in [3.8, 4) is 0 Å². The molecule has 1 saturated heterocycles. The van der Waals surface area contributed by atoms with Gasteiger partial charge >= 0.3 is 5.97 Å². The van der Waals surface area contributed by atoms with Gasteiger partial charge in [-0.1, -0.05) is 0 Å². The van der Waals surface area contributed by atoms with E-state index < -0.39 is 16.6 Å². The van der Waals surface area contributed by atoms with Crippen molar-refractivity contribution in [2.24, 2.45) is 0 Å². The van der Waals surface area contributed by atoms with Crippen LogP contribution in [0.4, 0.5) is 5.69 Å². The SMILES string of the molecule is COC(=O)C1=C(C)OC(c2ccc([N+](=O)[O-])cc2)(N2CCOCC2)C1. The Morgan fingerprint density at radius 2 is 1.92 bits per heavy atom. The van der Waals surface area contributed by atoms with E-state index in [1.54, 1.807) is 19.1 Å². The molecule has 0 radical (unpaired) electrons. The van der Waals surface area contributed by atoms with Crippen molar-refractivity contribution in [2.45, 2.75) is 19.1 Å². The number of carbonyl (C=O) groups is 1. The van der Waals surface area contributed by atoms with Crippen molar-refractivity contribution in [2.75, 3.05) is 33.4 Å². The van der Waals surface area contributed by atoms with E-state index in [0.717, 1.165) is 5.56 Å². The Hall–Kier alpha value is -2.45. The highest BCUT2D eigenvalue weighted by Gasteiger charge is 2.48. The van der Waals surface area contributed by atoms with Crippen LogP contribution in [0.25, 0.3) is 0 Å². The largest absolute Gasteiger partial charge is 0.472 e. The van der Waals surface area contributed by atoms with Gasteiger partial charge in [0.15, 0.2) is 5.72 Å². The number of nitro benzene ring substituents is 1. The van der Waals surface area contributed by atoms with Crippen LogP contribution < -0.4 is 0 Å². The lowest BCUT2D eigenvalue weighted by atomic mass is 9.94. The summed E-state index contributed by atoms with van der Waals surface area (Å²) in [6.45, 7) is 4.13. The van der Waals surface area contributed by atoms with Gasteiger partial charge in [0.2, 0.25) is 0 Å². The first-order valence-corrected chi connectivity index (χ1v) is 8.03. The lowest BCUT2D eigenvalue weighted by Crippen LogP contribution is -2.51. The Balaban J connectivity index is 1.99. The molecule has 0 aliphatic carbocycles. The molecule has 0 spiro atoms. The number of non-ortho nitro benzene ring substituents is 1. The third-order valence-corrected chi connectivity index (χ3v) is 4.65. The number of morpholine rings is 1. The molecule has 8 nitrogen and oxygen atoms in total. The van der Waals surface area contributed by atoms with Gasteiger partial charge in [0, 0.05) is 37.2 Å². The van der Waals surface area contributed by atoms with Crippen molar-refractivity contribution in [3.63, 3.8) is 0 Å². The molecule has 1 fully saturated rings. The summed E-state index contributed by atoms with van der Waals surface area (Å²) in [6, 6.07) is 6.26. The van der Waals surface area contributed by atoms with Gasteiger partial charge in [-0.25, -0.2) is 4.79 Å². The number of methoxy groups -OCH3 is 1. The molecular formula is C17H20N2O6. The first-order valence-electron chi connectivity index (χ1n) is 8.03. The molecular weight excluding hydrogens is 328 g/mol. The lowest BCUT2D eigenvalue weighted by Gasteiger charge is -2.42. The number of hydrogen-bond acceptors (Lipinski definition) is 7. The van der Waals surface area contributed by atoms with Crippen LogP contribution in [-0.2, 0) is 24.7 Å². The Kier molecular flexibility index (Phi) is 4.73. The fourth-order valence-corrected chi connectivity index (χ4v) is 3.34. The fourth-order valence-electron chi connectivity index (χ4n) is 3.34. The first-order chi connectivity index (χ1) is 12.0. The predicted octanol–water partition coefficient (Wildman–Crippen LogP) is 1.95. The Bertz CT molecular complexity index is 708. The highest BCUT2D eigenvalue weighted by atomic mass is 16.6. The molecule has 0 N–H and O–H groups in total. The number of allylic oxidation sites excluding steroid dienone is 1. The molecule has 0 bridgehead atoms. The zero-order valence-corrected chi connectivity index (χ0v) is 14.2. The maximum atomic E-state index is 12.1. The molecule has 1 unspecified atom stereocenters. The number of ether oxygens (including phenoxy) is 3. The summed E-state index contributed by atoms with van der Waals surface area (Å²) in [5, 5.41) is 10.9. The van der Waals surface area contributed by atoms with E-state index in [-0.39, 0.29) is 5.69 Å². The summed E-state index contributed by atoms with van der Waals surface area (Å²) in [6.07, 6.45) is 0.323. The summed E-state index contributed by atoms with van der Waals surface area (Å²) in [5.74, 6) is 0.0891. The minimum atomic E-state index is -0.882. The average Bonchev–Trinajstić information content (AvgIpc) is 3.00. The summed E-state index contributed by atoms with van der Waals surface area (Å²) in [4.78, 5) is 24.7. The van der Waals surface area contributed by atoms with Crippen molar-refractivity contribution in [3.05, 3.63) is 51.3 Å². The monoisotopic (exact) mass is 348 g/mol. The van der Waals surface area contributed by atoms with E-state index in [4.69, 9.17) is 14.2 Å². The van der Waals surface area contributed by atoms with Crippen molar-refractivity contribution in [1.29, 1.82) is 0 Å². The van der Waals surface area contributed by atoms with Crippen molar-refractivity contribution in [1.82, 2.24) is 4.90 Å². The maximum absolute atomic E-state index is 12.1. The normalized spacial score (nSPS) is 24.1. The zero-order chi connectivity index (χ0) is 18.0. The molecule has 8 heteroatoms. The third-order valence-electron chi connectivity index (χ3n) is 4.65. The van der Waals surface area contributed by atoms with E-state index >= 15 is 0 Å². The molecule has 1 aromatic carbocycles. The standard InChI is InChI=1S/C17H20N2O6/c1-12-15(16(20)23-2)11-17(25-12,18-7-9-24-10-8-18)13-3-5-14(6-4-13)19(21)22/h3-6H,7-11H2,1-2H3. The molecule has 0 saturated carbocycles. The number of carbonyl (C=O) groups excluding carboxylic acids is 1. The van der Waals surface area contributed by atoms with Crippen LogP contribution in [0.1, 0.15) is 18.9 Å². The number of esters is 1. The van der Waals surface area contributed by atoms with Gasteiger partial charge in [0.05, 0.1) is 30.8 Å². The second-order valence-electron chi connectivity index (χ2n) is 5.99. The van der Waals surface area contributed by atoms with Gasteiger partial charge in [-0.2, -0.15) is 0 Å². The van der Waals surface area contributed by atoms with E-state index in [1.165, 1.54) is 19.2 Å². The molecule has 2 heterocycles. The summed E-state index contributed by atoms with van der Waals surface area (Å²) < 4.78 is 16.5. The Morgan fingerprint density at radius 1 is 1.28 bits per heavy atom. The Morgan fingerprint density at radius 3 is 2.48 bits per heavy atom. The third kappa shape index (κ3) is 3.10.